The van der Waals surface area contributed by atoms with Crippen molar-refractivity contribution in [3.8, 4) is 5.75 Å². The Morgan fingerprint density at radius 2 is 1.83 bits per heavy atom. The lowest BCUT2D eigenvalue weighted by atomic mass is 9.82. The molecule has 1 aromatic rings. The highest BCUT2D eigenvalue weighted by Crippen LogP contribution is 2.26. The van der Waals surface area contributed by atoms with Crippen molar-refractivity contribution in [3.05, 3.63) is 24.3 Å². The maximum atomic E-state index is 12.0. The minimum atomic E-state index is -3.65. The van der Waals surface area contributed by atoms with Gasteiger partial charge in [0.25, 0.3) is 0 Å². The molecule has 1 rings (SSSR count). The zero-order valence-corrected chi connectivity index (χ0v) is 12.1. The van der Waals surface area contributed by atoms with Crippen molar-refractivity contribution in [1.82, 2.24) is 4.72 Å². The van der Waals surface area contributed by atoms with Gasteiger partial charge in [-0.15, -0.1) is 0 Å². The van der Waals surface area contributed by atoms with Crippen molar-refractivity contribution in [1.29, 1.82) is 0 Å². The van der Waals surface area contributed by atoms with Crippen molar-refractivity contribution in [2.45, 2.75) is 32.6 Å². The van der Waals surface area contributed by atoms with Crippen LogP contribution in [-0.4, -0.2) is 20.1 Å². The van der Waals surface area contributed by atoms with Crippen molar-refractivity contribution >= 4 is 10.0 Å². The minimum Gasteiger partial charge on any atom is -0.507 e. The van der Waals surface area contributed by atoms with E-state index in [0.29, 0.717) is 6.54 Å². The standard InChI is InChI=1S/C13H21NO3S/c1-10(13(2,3)4)9-14-18(16,17)12-8-6-5-7-11(12)15/h5-8,10,14-15H,9H2,1-4H3. The van der Waals surface area contributed by atoms with Crippen LogP contribution in [0.4, 0.5) is 0 Å². The second-order valence-corrected chi connectivity index (χ2v) is 7.32. The Morgan fingerprint density at radius 1 is 1.28 bits per heavy atom. The van der Waals surface area contributed by atoms with E-state index in [0.717, 1.165) is 0 Å². The molecule has 0 saturated heterocycles. The van der Waals surface area contributed by atoms with Crippen LogP contribution >= 0.6 is 0 Å². The Balaban J connectivity index is 2.82. The van der Waals surface area contributed by atoms with Gasteiger partial charge in [0.15, 0.2) is 0 Å². The van der Waals surface area contributed by atoms with Crippen molar-refractivity contribution in [2.75, 3.05) is 6.54 Å². The first-order chi connectivity index (χ1) is 8.14. The van der Waals surface area contributed by atoms with Crippen LogP contribution in [-0.2, 0) is 10.0 Å². The summed E-state index contributed by atoms with van der Waals surface area (Å²) in [5.41, 5.74) is 0.0290. The molecule has 5 heteroatoms. The summed E-state index contributed by atoms with van der Waals surface area (Å²) < 4.78 is 26.6. The highest BCUT2D eigenvalue weighted by Gasteiger charge is 2.23. The molecule has 0 aromatic heterocycles. The SMILES string of the molecule is CC(CNS(=O)(=O)c1ccccc1O)C(C)(C)C. The molecule has 0 bridgehead atoms. The number of hydrogen-bond acceptors (Lipinski definition) is 3. The number of hydrogen-bond donors (Lipinski definition) is 2. The normalized spacial score (nSPS) is 14.4. The fraction of sp³-hybridized carbons (Fsp3) is 0.538. The summed E-state index contributed by atoms with van der Waals surface area (Å²) in [4.78, 5) is -0.0777. The number of phenols is 1. The zero-order chi connectivity index (χ0) is 14.0. The van der Waals surface area contributed by atoms with Gasteiger partial charge in [0.05, 0.1) is 0 Å². The average Bonchev–Trinajstić information content (AvgIpc) is 2.25. The number of sulfonamides is 1. The summed E-state index contributed by atoms with van der Waals surface area (Å²) in [6, 6.07) is 5.93. The van der Waals surface area contributed by atoms with Gasteiger partial charge in [0.2, 0.25) is 10.0 Å². The Bertz CT molecular complexity index is 503. The Kier molecular flexibility index (Phi) is 4.40. The molecule has 0 fully saturated rings. The van der Waals surface area contributed by atoms with Gasteiger partial charge in [0.1, 0.15) is 10.6 Å². The molecule has 4 nitrogen and oxygen atoms in total. The second kappa shape index (κ2) is 5.28. The minimum absolute atomic E-state index is 0.0290. The average molecular weight is 271 g/mol. The molecule has 1 unspecified atom stereocenters. The maximum Gasteiger partial charge on any atom is 0.244 e. The number of nitrogens with one attached hydrogen (secondary N) is 1. The first-order valence-corrected chi connectivity index (χ1v) is 7.40. The lowest BCUT2D eigenvalue weighted by molar-refractivity contribution is 0.263. The third-order valence-corrected chi connectivity index (χ3v) is 4.68. The summed E-state index contributed by atoms with van der Waals surface area (Å²) in [7, 11) is -3.65. The van der Waals surface area contributed by atoms with E-state index in [9.17, 15) is 13.5 Å². The van der Waals surface area contributed by atoms with E-state index in [1.165, 1.54) is 12.1 Å². The van der Waals surface area contributed by atoms with E-state index in [2.05, 4.69) is 25.5 Å². The van der Waals surface area contributed by atoms with E-state index < -0.39 is 10.0 Å². The summed E-state index contributed by atoms with van der Waals surface area (Å²) in [6.45, 7) is 8.53. The molecular weight excluding hydrogens is 250 g/mol. The van der Waals surface area contributed by atoms with Crippen molar-refractivity contribution in [2.24, 2.45) is 11.3 Å². The molecule has 2 N–H and O–H groups in total. The van der Waals surface area contributed by atoms with Gasteiger partial charge in [-0.1, -0.05) is 39.8 Å². The van der Waals surface area contributed by atoms with Gasteiger partial charge in [0, 0.05) is 6.54 Å². The molecule has 0 aliphatic heterocycles. The van der Waals surface area contributed by atoms with E-state index in [1.807, 2.05) is 6.92 Å². The summed E-state index contributed by atoms with van der Waals surface area (Å²) in [5.74, 6) is -0.0356. The highest BCUT2D eigenvalue weighted by molar-refractivity contribution is 7.89. The second-order valence-electron chi connectivity index (χ2n) is 5.59. The Morgan fingerprint density at radius 3 is 2.33 bits per heavy atom. The highest BCUT2D eigenvalue weighted by atomic mass is 32.2. The first kappa shape index (κ1) is 15.0. The quantitative estimate of drug-likeness (QED) is 0.883. The number of para-hydroxylation sites is 1. The zero-order valence-electron chi connectivity index (χ0n) is 11.3. The van der Waals surface area contributed by atoms with Crippen molar-refractivity contribution < 1.29 is 13.5 Å². The summed E-state index contributed by atoms with van der Waals surface area (Å²) in [5, 5.41) is 9.55. The maximum absolute atomic E-state index is 12.0. The molecule has 0 spiro atoms. The molecule has 0 saturated carbocycles. The van der Waals surface area contributed by atoms with Gasteiger partial charge in [-0.3, -0.25) is 0 Å². The monoisotopic (exact) mass is 271 g/mol. The topological polar surface area (TPSA) is 66.4 Å². The molecule has 0 aliphatic rings. The number of benzene rings is 1. The fourth-order valence-electron chi connectivity index (χ4n) is 1.30. The molecule has 1 atom stereocenters. The van der Waals surface area contributed by atoms with Gasteiger partial charge in [-0.05, 0) is 23.5 Å². The van der Waals surface area contributed by atoms with Gasteiger partial charge >= 0.3 is 0 Å². The fourth-order valence-corrected chi connectivity index (χ4v) is 2.53. The van der Waals surface area contributed by atoms with Crippen LogP contribution in [0, 0.1) is 11.3 Å². The van der Waals surface area contributed by atoms with Crippen LogP contribution in [0.25, 0.3) is 0 Å². The molecule has 0 radical (unpaired) electrons. The molecular formula is C13H21NO3S. The molecule has 0 heterocycles. The van der Waals surface area contributed by atoms with Crippen LogP contribution in [0.2, 0.25) is 0 Å². The van der Waals surface area contributed by atoms with Gasteiger partial charge < -0.3 is 5.11 Å². The van der Waals surface area contributed by atoms with E-state index >= 15 is 0 Å². The van der Waals surface area contributed by atoms with Gasteiger partial charge in [-0.2, -0.15) is 0 Å². The Labute approximate surface area is 109 Å². The van der Waals surface area contributed by atoms with Gasteiger partial charge in [-0.25, -0.2) is 13.1 Å². The van der Waals surface area contributed by atoms with E-state index in [1.54, 1.807) is 12.1 Å². The lowest BCUT2D eigenvalue weighted by Crippen LogP contribution is -2.33. The third-order valence-electron chi connectivity index (χ3n) is 3.21. The first-order valence-electron chi connectivity index (χ1n) is 5.92. The largest absolute Gasteiger partial charge is 0.507 e. The summed E-state index contributed by atoms with van der Waals surface area (Å²) >= 11 is 0. The van der Waals surface area contributed by atoms with Crippen LogP contribution in [0.15, 0.2) is 29.2 Å². The van der Waals surface area contributed by atoms with E-state index in [-0.39, 0.29) is 22.0 Å². The van der Waals surface area contributed by atoms with Crippen LogP contribution in [0.3, 0.4) is 0 Å². The number of aromatic hydroxyl groups is 1. The molecule has 1 aromatic carbocycles. The summed E-state index contributed by atoms with van der Waals surface area (Å²) in [6.07, 6.45) is 0. The lowest BCUT2D eigenvalue weighted by Gasteiger charge is -2.27. The predicted molar refractivity (Wildman–Crippen MR) is 71.9 cm³/mol. The van der Waals surface area contributed by atoms with Crippen LogP contribution in [0.1, 0.15) is 27.7 Å². The molecule has 0 aliphatic carbocycles. The van der Waals surface area contributed by atoms with Crippen molar-refractivity contribution in [3.63, 3.8) is 0 Å². The molecule has 18 heavy (non-hydrogen) atoms. The third kappa shape index (κ3) is 3.71. The van der Waals surface area contributed by atoms with E-state index in [4.69, 9.17) is 0 Å². The molecule has 102 valence electrons. The Hall–Kier alpha value is -1.07. The smallest absolute Gasteiger partial charge is 0.244 e. The van der Waals surface area contributed by atoms with Crippen LogP contribution in [0.5, 0.6) is 5.75 Å². The number of rotatable bonds is 4. The molecule has 0 amide bonds. The van der Waals surface area contributed by atoms with Crippen LogP contribution < -0.4 is 4.72 Å². The number of phenolic OH excluding ortho intramolecular Hbond substituents is 1. The predicted octanol–water partition coefficient (Wildman–Crippen LogP) is 2.35.